The minimum Gasteiger partial charge on any atom is -0.480 e. The molecule has 1 atom stereocenters. The summed E-state index contributed by atoms with van der Waals surface area (Å²) in [6.45, 7) is 3.36. The molecule has 1 heterocycles. The lowest BCUT2D eigenvalue weighted by Crippen LogP contribution is -2.48. The molecular formula is C10H14N2O4. The molecule has 0 aromatic heterocycles. The third-order valence-corrected chi connectivity index (χ3v) is 3.11. The number of nitrogens with one attached hydrogen (secondary N) is 1. The number of rotatable bonds is 3. The molecule has 0 radical (unpaired) electrons. The standard InChI is InChI=1S/C10H14N2O4/c1-5(2)6(7(13)14)12-8(15)10(3-4-10)11-9(12)16/h5-6H,3-4H2,1-2H3,(H,11,16)(H,13,14). The van der Waals surface area contributed by atoms with Crippen LogP contribution < -0.4 is 5.32 Å². The molecule has 1 saturated carbocycles. The first-order chi connectivity index (χ1) is 7.39. The van der Waals surface area contributed by atoms with E-state index in [9.17, 15) is 14.4 Å². The summed E-state index contributed by atoms with van der Waals surface area (Å²) in [4.78, 5) is 35.5. The predicted molar refractivity (Wildman–Crippen MR) is 53.6 cm³/mol. The highest BCUT2D eigenvalue weighted by Crippen LogP contribution is 2.41. The van der Waals surface area contributed by atoms with E-state index in [1.54, 1.807) is 13.8 Å². The van der Waals surface area contributed by atoms with Crippen molar-refractivity contribution in [1.29, 1.82) is 0 Å². The maximum absolute atomic E-state index is 11.9. The number of urea groups is 1. The molecule has 0 aromatic rings. The van der Waals surface area contributed by atoms with Gasteiger partial charge in [0.2, 0.25) is 0 Å². The molecule has 1 saturated heterocycles. The Balaban J connectivity index is 2.29. The van der Waals surface area contributed by atoms with Crippen molar-refractivity contribution in [3.63, 3.8) is 0 Å². The topological polar surface area (TPSA) is 86.7 Å². The first-order valence-electron chi connectivity index (χ1n) is 5.28. The molecule has 0 bridgehead atoms. The normalized spacial score (nSPS) is 23.8. The van der Waals surface area contributed by atoms with Gasteiger partial charge in [-0.3, -0.25) is 4.79 Å². The van der Waals surface area contributed by atoms with Crippen LogP contribution >= 0.6 is 0 Å². The summed E-state index contributed by atoms with van der Waals surface area (Å²) < 4.78 is 0. The van der Waals surface area contributed by atoms with Crippen LogP contribution in [0.5, 0.6) is 0 Å². The Hall–Kier alpha value is -1.59. The number of carbonyl (C=O) groups is 3. The van der Waals surface area contributed by atoms with Gasteiger partial charge in [0.25, 0.3) is 5.91 Å². The highest BCUT2D eigenvalue weighted by molar-refractivity contribution is 6.10. The highest BCUT2D eigenvalue weighted by Gasteiger charge is 2.61. The summed E-state index contributed by atoms with van der Waals surface area (Å²) in [6.07, 6.45) is 1.22. The Labute approximate surface area is 92.6 Å². The van der Waals surface area contributed by atoms with E-state index >= 15 is 0 Å². The van der Waals surface area contributed by atoms with Crippen LogP contribution in [0.2, 0.25) is 0 Å². The number of nitrogens with zero attached hydrogens (tertiary/aromatic N) is 1. The van der Waals surface area contributed by atoms with Crippen molar-refractivity contribution >= 4 is 17.9 Å². The van der Waals surface area contributed by atoms with E-state index in [0.29, 0.717) is 12.8 Å². The zero-order chi connectivity index (χ0) is 12.1. The van der Waals surface area contributed by atoms with E-state index in [2.05, 4.69) is 5.32 Å². The minimum atomic E-state index is -1.14. The Morgan fingerprint density at radius 1 is 1.44 bits per heavy atom. The molecule has 3 amide bonds. The summed E-state index contributed by atoms with van der Waals surface area (Å²) in [5.74, 6) is -1.84. The summed E-state index contributed by atoms with van der Waals surface area (Å²) in [6, 6.07) is -1.66. The number of carboxylic acid groups (broad SMARTS) is 1. The molecule has 0 aromatic carbocycles. The Bertz CT molecular complexity index is 373. The molecule has 1 aliphatic heterocycles. The minimum absolute atomic E-state index is 0.305. The monoisotopic (exact) mass is 226 g/mol. The van der Waals surface area contributed by atoms with Gasteiger partial charge in [0.05, 0.1) is 0 Å². The van der Waals surface area contributed by atoms with Crippen LogP contribution in [0.1, 0.15) is 26.7 Å². The first-order valence-corrected chi connectivity index (χ1v) is 5.28. The first kappa shape index (κ1) is 10.9. The summed E-state index contributed by atoms with van der Waals surface area (Å²) >= 11 is 0. The number of hydrogen-bond donors (Lipinski definition) is 2. The number of imide groups is 1. The Kier molecular flexibility index (Phi) is 2.18. The zero-order valence-corrected chi connectivity index (χ0v) is 9.19. The fourth-order valence-corrected chi connectivity index (χ4v) is 2.05. The zero-order valence-electron chi connectivity index (χ0n) is 9.19. The predicted octanol–water partition coefficient (Wildman–Crippen LogP) is 0.180. The van der Waals surface area contributed by atoms with Crippen LogP contribution in [-0.4, -0.2) is 39.5 Å². The van der Waals surface area contributed by atoms with Gasteiger partial charge in [-0.15, -0.1) is 0 Å². The average molecular weight is 226 g/mol. The maximum Gasteiger partial charge on any atom is 0.327 e. The van der Waals surface area contributed by atoms with Crippen molar-refractivity contribution < 1.29 is 19.5 Å². The second-order valence-corrected chi connectivity index (χ2v) is 4.71. The van der Waals surface area contributed by atoms with Crippen LogP contribution in [0, 0.1) is 5.92 Å². The van der Waals surface area contributed by atoms with Gasteiger partial charge in [-0.25, -0.2) is 14.5 Å². The number of hydrogen-bond acceptors (Lipinski definition) is 3. The summed E-state index contributed by atoms with van der Waals surface area (Å²) in [5.41, 5.74) is -0.778. The molecule has 1 unspecified atom stereocenters. The van der Waals surface area contributed by atoms with Crippen molar-refractivity contribution in [2.24, 2.45) is 5.92 Å². The molecule has 6 nitrogen and oxygen atoms in total. The van der Waals surface area contributed by atoms with E-state index in [1.807, 2.05) is 0 Å². The lowest BCUT2D eigenvalue weighted by Gasteiger charge is -2.24. The molecular weight excluding hydrogens is 212 g/mol. The van der Waals surface area contributed by atoms with Crippen LogP contribution in [0.3, 0.4) is 0 Å². The SMILES string of the molecule is CC(C)C(C(=O)O)N1C(=O)NC2(CC2)C1=O. The van der Waals surface area contributed by atoms with Crippen molar-refractivity contribution in [2.45, 2.75) is 38.3 Å². The van der Waals surface area contributed by atoms with Gasteiger partial charge in [0.1, 0.15) is 11.6 Å². The molecule has 2 N–H and O–H groups in total. The molecule has 1 aliphatic carbocycles. The molecule has 2 rings (SSSR count). The van der Waals surface area contributed by atoms with Gasteiger partial charge in [-0.05, 0) is 18.8 Å². The van der Waals surface area contributed by atoms with Crippen molar-refractivity contribution in [1.82, 2.24) is 10.2 Å². The van der Waals surface area contributed by atoms with E-state index in [1.165, 1.54) is 0 Å². The second-order valence-electron chi connectivity index (χ2n) is 4.71. The van der Waals surface area contributed by atoms with Crippen molar-refractivity contribution in [3.8, 4) is 0 Å². The lowest BCUT2D eigenvalue weighted by molar-refractivity contribution is -0.148. The third kappa shape index (κ3) is 1.36. The molecule has 2 aliphatic rings. The fourth-order valence-electron chi connectivity index (χ4n) is 2.05. The van der Waals surface area contributed by atoms with E-state index in [0.717, 1.165) is 4.90 Å². The van der Waals surface area contributed by atoms with Crippen LogP contribution in [0.4, 0.5) is 4.79 Å². The molecule has 1 spiro atoms. The van der Waals surface area contributed by atoms with Gasteiger partial charge in [-0.2, -0.15) is 0 Å². The molecule has 16 heavy (non-hydrogen) atoms. The van der Waals surface area contributed by atoms with Gasteiger partial charge in [-0.1, -0.05) is 13.8 Å². The van der Waals surface area contributed by atoms with Crippen LogP contribution in [-0.2, 0) is 9.59 Å². The second kappa shape index (κ2) is 3.20. The van der Waals surface area contributed by atoms with E-state index < -0.39 is 29.5 Å². The molecule has 6 heteroatoms. The highest BCUT2D eigenvalue weighted by atomic mass is 16.4. The average Bonchev–Trinajstić information content (AvgIpc) is 2.87. The smallest absolute Gasteiger partial charge is 0.327 e. The quantitative estimate of drug-likeness (QED) is 0.672. The number of carboxylic acids is 1. The van der Waals surface area contributed by atoms with Gasteiger partial charge < -0.3 is 10.4 Å². The third-order valence-electron chi connectivity index (χ3n) is 3.11. The summed E-state index contributed by atoms with van der Waals surface area (Å²) in [5, 5.41) is 11.6. The van der Waals surface area contributed by atoms with Gasteiger partial charge >= 0.3 is 12.0 Å². The number of amides is 3. The molecule has 88 valence electrons. The van der Waals surface area contributed by atoms with Crippen LogP contribution in [0.25, 0.3) is 0 Å². The van der Waals surface area contributed by atoms with E-state index in [-0.39, 0.29) is 5.92 Å². The van der Waals surface area contributed by atoms with Gasteiger partial charge in [0, 0.05) is 0 Å². The number of carbonyl (C=O) groups excluding carboxylic acids is 2. The van der Waals surface area contributed by atoms with Crippen LogP contribution in [0.15, 0.2) is 0 Å². The Morgan fingerprint density at radius 2 is 2.00 bits per heavy atom. The maximum atomic E-state index is 11.9. The van der Waals surface area contributed by atoms with Gasteiger partial charge in [0.15, 0.2) is 0 Å². The number of aliphatic carboxylic acids is 1. The van der Waals surface area contributed by atoms with E-state index in [4.69, 9.17) is 5.11 Å². The molecule has 2 fully saturated rings. The largest absolute Gasteiger partial charge is 0.480 e. The Morgan fingerprint density at radius 3 is 2.31 bits per heavy atom. The fraction of sp³-hybridized carbons (Fsp3) is 0.700. The van der Waals surface area contributed by atoms with Crippen molar-refractivity contribution in [3.05, 3.63) is 0 Å². The van der Waals surface area contributed by atoms with Crippen molar-refractivity contribution in [2.75, 3.05) is 0 Å². The summed E-state index contributed by atoms with van der Waals surface area (Å²) in [7, 11) is 0. The lowest BCUT2D eigenvalue weighted by atomic mass is 10.0.